The molecule has 0 saturated carbocycles. The number of benzene rings is 1. The molecule has 1 aromatic heterocycles. The van der Waals surface area contributed by atoms with E-state index in [0.717, 1.165) is 30.2 Å². The predicted molar refractivity (Wildman–Crippen MR) is 80.9 cm³/mol. The first kappa shape index (κ1) is 13.9. The molecule has 0 unspecified atom stereocenters. The van der Waals surface area contributed by atoms with Crippen LogP contribution in [0.2, 0.25) is 0 Å². The van der Waals surface area contributed by atoms with E-state index in [-0.39, 0.29) is 0 Å². The maximum absolute atomic E-state index is 8.85. The molecule has 2 rings (SSSR count). The van der Waals surface area contributed by atoms with Gasteiger partial charge in [-0.1, -0.05) is 6.92 Å². The Bertz CT molecular complexity index is 634. The molecule has 0 spiro atoms. The van der Waals surface area contributed by atoms with Crippen LogP contribution >= 0.6 is 0 Å². The molecule has 0 atom stereocenters. The molecule has 0 bridgehead atoms. The van der Waals surface area contributed by atoms with Gasteiger partial charge in [-0.05, 0) is 37.6 Å². The molecule has 1 heterocycles. The molecule has 5 nitrogen and oxygen atoms in total. The van der Waals surface area contributed by atoms with Gasteiger partial charge in [-0.15, -0.1) is 0 Å². The summed E-state index contributed by atoms with van der Waals surface area (Å²) in [6.07, 6.45) is 0.995. The van der Waals surface area contributed by atoms with Gasteiger partial charge in [0, 0.05) is 19.3 Å². The number of aryl methyl sites for hydroxylation is 2. The van der Waals surface area contributed by atoms with Crippen LogP contribution in [0.4, 0.5) is 17.2 Å². The van der Waals surface area contributed by atoms with E-state index in [2.05, 4.69) is 18.1 Å². The summed E-state index contributed by atoms with van der Waals surface area (Å²) in [5.74, 6) is 0.897. The number of anilines is 3. The van der Waals surface area contributed by atoms with Crippen LogP contribution < -0.4 is 10.6 Å². The van der Waals surface area contributed by atoms with Gasteiger partial charge in [0.15, 0.2) is 5.82 Å². The summed E-state index contributed by atoms with van der Waals surface area (Å²) in [6.45, 7) is 4.85. The molecular formula is C15H19N5. The third-order valence-corrected chi connectivity index (χ3v) is 3.28. The number of nitrogens with zero attached hydrogens (tertiary/aromatic N) is 4. The van der Waals surface area contributed by atoms with Crippen LogP contribution in [0.5, 0.6) is 0 Å². The second kappa shape index (κ2) is 5.66. The average Bonchev–Trinajstić information content (AvgIpc) is 2.74. The highest BCUT2D eigenvalue weighted by Gasteiger charge is 2.17. The van der Waals surface area contributed by atoms with Crippen LogP contribution in [0.3, 0.4) is 0 Å². The number of nitrogens with two attached hydrogens (primary N) is 1. The highest BCUT2D eigenvalue weighted by Crippen LogP contribution is 2.31. The molecule has 0 aliphatic heterocycles. The van der Waals surface area contributed by atoms with Crippen molar-refractivity contribution in [1.82, 2.24) is 9.78 Å². The first-order valence-electron chi connectivity index (χ1n) is 6.65. The van der Waals surface area contributed by atoms with Crippen molar-refractivity contribution in [3.8, 4) is 6.07 Å². The number of nitriles is 1. The van der Waals surface area contributed by atoms with E-state index in [0.29, 0.717) is 11.3 Å². The van der Waals surface area contributed by atoms with E-state index in [9.17, 15) is 0 Å². The lowest BCUT2D eigenvalue weighted by Gasteiger charge is -2.21. The molecule has 104 valence electrons. The highest BCUT2D eigenvalue weighted by molar-refractivity contribution is 5.73. The zero-order chi connectivity index (χ0) is 14.7. The van der Waals surface area contributed by atoms with Crippen molar-refractivity contribution in [3.05, 3.63) is 35.5 Å². The summed E-state index contributed by atoms with van der Waals surface area (Å²) in [6, 6.07) is 9.55. The van der Waals surface area contributed by atoms with Gasteiger partial charge in [0.25, 0.3) is 0 Å². The lowest BCUT2D eigenvalue weighted by Crippen LogP contribution is -2.16. The van der Waals surface area contributed by atoms with Crippen molar-refractivity contribution in [1.29, 1.82) is 5.26 Å². The van der Waals surface area contributed by atoms with Crippen molar-refractivity contribution >= 4 is 17.2 Å². The number of hydrogen-bond acceptors (Lipinski definition) is 4. The Kier molecular flexibility index (Phi) is 3.94. The maximum Gasteiger partial charge on any atom is 0.154 e. The van der Waals surface area contributed by atoms with Crippen LogP contribution in [0.15, 0.2) is 24.3 Å². The van der Waals surface area contributed by atoms with Gasteiger partial charge in [-0.25, -0.2) is 4.68 Å². The van der Waals surface area contributed by atoms with Crippen LogP contribution in [0, 0.1) is 18.3 Å². The van der Waals surface area contributed by atoms with E-state index in [4.69, 9.17) is 11.0 Å². The Morgan fingerprint density at radius 1 is 1.35 bits per heavy atom. The Morgan fingerprint density at radius 2 is 2.00 bits per heavy atom. The van der Waals surface area contributed by atoms with Crippen molar-refractivity contribution in [2.75, 3.05) is 17.7 Å². The van der Waals surface area contributed by atoms with E-state index in [1.807, 2.05) is 35.7 Å². The molecule has 0 aliphatic carbocycles. The Labute approximate surface area is 119 Å². The van der Waals surface area contributed by atoms with Crippen molar-refractivity contribution in [2.24, 2.45) is 0 Å². The number of nitrogen functional groups attached to an aromatic ring is 1. The molecule has 0 saturated heterocycles. The molecule has 0 fully saturated rings. The minimum Gasteiger partial charge on any atom is -0.394 e. The van der Waals surface area contributed by atoms with E-state index in [1.54, 1.807) is 12.1 Å². The van der Waals surface area contributed by atoms with Gasteiger partial charge in [-0.3, -0.25) is 0 Å². The number of hydrogen-bond donors (Lipinski definition) is 1. The van der Waals surface area contributed by atoms with Crippen molar-refractivity contribution < 1.29 is 0 Å². The summed E-state index contributed by atoms with van der Waals surface area (Å²) in [5, 5.41) is 13.3. The second-order valence-corrected chi connectivity index (χ2v) is 4.76. The summed E-state index contributed by atoms with van der Waals surface area (Å²) in [4.78, 5) is 2.01. The maximum atomic E-state index is 8.85. The third-order valence-electron chi connectivity index (χ3n) is 3.28. The second-order valence-electron chi connectivity index (χ2n) is 4.76. The van der Waals surface area contributed by atoms with Crippen LogP contribution in [-0.2, 0) is 6.54 Å². The molecule has 0 aliphatic rings. The zero-order valence-corrected chi connectivity index (χ0v) is 12.1. The standard InChI is InChI=1S/C15H19N5/c1-4-9-20-15(14(17)11(2)18-20)19(3)13-7-5-12(10-16)6-8-13/h5-8H,4,9,17H2,1-3H3. The fourth-order valence-corrected chi connectivity index (χ4v) is 2.19. The molecule has 0 radical (unpaired) electrons. The quantitative estimate of drug-likeness (QED) is 0.926. The van der Waals surface area contributed by atoms with Gasteiger partial charge in [-0.2, -0.15) is 10.4 Å². The first-order valence-corrected chi connectivity index (χ1v) is 6.65. The van der Waals surface area contributed by atoms with E-state index in [1.165, 1.54) is 0 Å². The minimum atomic E-state index is 0.647. The van der Waals surface area contributed by atoms with Crippen molar-refractivity contribution in [3.63, 3.8) is 0 Å². The van der Waals surface area contributed by atoms with Crippen LogP contribution in [0.1, 0.15) is 24.6 Å². The number of aromatic nitrogens is 2. The summed E-state index contributed by atoms with van der Waals surface area (Å²) in [7, 11) is 1.96. The minimum absolute atomic E-state index is 0.647. The average molecular weight is 269 g/mol. The van der Waals surface area contributed by atoms with Gasteiger partial charge >= 0.3 is 0 Å². The Balaban J connectivity index is 2.41. The summed E-state index contributed by atoms with van der Waals surface area (Å²) >= 11 is 0. The molecular weight excluding hydrogens is 250 g/mol. The number of rotatable bonds is 4. The van der Waals surface area contributed by atoms with Gasteiger partial charge in [0.2, 0.25) is 0 Å². The van der Waals surface area contributed by atoms with Crippen LogP contribution in [-0.4, -0.2) is 16.8 Å². The SMILES string of the molecule is CCCn1nc(C)c(N)c1N(C)c1ccc(C#N)cc1. The predicted octanol–water partition coefficient (Wildman–Crippen LogP) is 2.82. The first-order chi connectivity index (χ1) is 9.58. The third kappa shape index (κ3) is 2.45. The molecule has 20 heavy (non-hydrogen) atoms. The molecule has 5 heteroatoms. The summed E-state index contributed by atoms with van der Waals surface area (Å²) < 4.78 is 1.93. The van der Waals surface area contributed by atoms with E-state index < -0.39 is 0 Å². The smallest absolute Gasteiger partial charge is 0.154 e. The Hall–Kier alpha value is -2.48. The monoisotopic (exact) mass is 269 g/mol. The normalized spacial score (nSPS) is 10.3. The van der Waals surface area contributed by atoms with Crippen molar-refractivity contribution in [2.45, 2.75) is 26.8 Å². The molecule has 1 aromatic carbocycles. The topological polar surface area (TPSA) is 70.9 Å². The van der Waals surface area contributed by atoms with Gasteiger partial charge < -0.3 is 10.6 Å². The summed E-state index contributed by atoms with van der Waals surface area (Å²) in [5.41, 5.74) is 9.32. The zero-order valence-electron chi connectivity index (χ0n) is 12.1. The van der Waals surface area contributed by atoms with Gasteiger partial charge in [0.1, 0.15) is 0 Å². The Morgan fingerprint density at radius 3 is 2.55 bits per heavy atom. The van der Waals surface area contributed by atoms with Crippen LogP contribution in [0.25, 0.3) is 0 Å². The largest absolute Gasteiger partial charge is 0.394 e. The van der Waals surface area contributed by atoms with E-state index >= 15 is 0 Å². The lowest BCUT2D eigenvalue weighted by atomic mass is 10.2. The molecule has 2 N–H and O–H groups in total. The molecule has 0 amide bonds. The fraction of sp³-hybridized carbons (Fsp3) is 0.333. The van der Waals surface area contributed by atoms with Gasteiger partial charge in [0.05, 0.1) is 23.0 Å². The highest BCUT2D eigenvalue weighted by atomic mass is 15.4. The molecule has 2 aromatic rings. The lowest BCUT2D eigenvalue weighted by molar-refractivity contribution is 0.599. The fourth-order valence-electron chi connectivity index (χ4n) is 2.19.